The molecule has 25 heavy (non-hydrogen) atoms. The van der Waals surface area contributed by atoms with Crippen LogP contribution in [0.2, 0.25) is 0 Å². The molecule has 0 radical (unpaired) electrons. The number of hydrogen-bond donors (Lipinski definition) is 0. The van der Waals surface area contributed by atoms with Crippen molar-refractivity contribution < 1.29 is 0 Å². The number of anilines is 1. The van der Waals surface area contributed by atoms with Gasteiger partial charge in [-0.25, -0.2) is 0 Å². The summed E-state index contributed by atoms with van der Waals surface area (Å²) in [7, 11) is 0. The van der Waals surface area contributed by atoms with Crippen LogP contribution in [0, 0.1) is 22.7 Å². The maximum absolute atomic E-state index is 8.99. The van der Waals surface area contributed by atoms with Gasteiger partial charge in [-0.15, -0.1) is 23.5 Å². The molecular weight excluding hydrogens is 346 g/mol. The van der Waals surface area contributed by atoms with E-state index in [1.54, 1.807) is 0 Å². The van der Waals surface area contributed by atoms with E-state index in [-0.39, 0.29) is 5.57 Å². The molecule has 3 nitrogen and oxygen atoms in total. The van der Waals surface area contributed by atoms with Crippen LogP contribution in [0.15, 0.2) is 50.8 Å². The molecule has 3 aliphatic rings. The zero-order chi connectivity index (χ0) is 17.2. The lowest BCUT2D eigenvalue weighted by Gasteiger charge is -2.36. The van der Waals surface area contributed by atoms with Crippen LogP contribution in [0.25, 0.3) is 6.08 Å². The Hall–Kier alpha value is -2.08. The van der Waals surface area contributed by atoms with Crippen molar-refractivity contribution in [3.8, 4) is 12.1 Å². The molecule has 0 unspecified atom stereocenters. The third-order valence-electron chi connectivity index (χ3n) is 4.69. The highest BCUT2D eigenvalue weighted by Gasteiger charge is 2.24. The van der Waals surface area contributed by atoms with Crippen LogP contribution in [0.3, 0.4) is 0 Å². The largest absolute Gasteiger partial charge is 0.368 e. The van der Waals surface area contributed by atoms with Gasteiger partial charge >= 0.3 is 0 Å². The number of allylic oxidation sites excluding steroid dienone is 5. The molecule has 0 fully saturated rings. The molecule has 0 bridgehead atoms. The fraction of sp³-hybridized carbons (Fsp3) is 0.300. The van der Waals surface area contributed by atoms with E-state index in [1.165, 1.54) is 26.6 Å². The lowest BCUT2D eigenvalue weighted by atomic mass is 10.1. The minimum absolute atomic E-state index is 0.245. The van der Waals surface area contributed by atoms with Crippen LogP contribution in [0.1, 0.15) is 18.4 Å². The van der Waals surface area contributed by atoms with Gasteiger partial charge in [0.1, 0.15) is 17.7 Å². The number of rotatable bonds is 2. The second-order valence-electron chi connectivity index (χ2n) is 6.23. The maximum atomic E-state index is 8.99. The molecule has 124 valence electrons. The summed E-state index contributed by atoms with van der Waals surface area (Å²) in [6, 6.07) is 8.56. The van der Waals surface area contributed by atoms with Gasteiger partial charge in [-0.1, -0.05) is 18.2 Å². The molecule has 1 aromatic carbocycles. The highest BCUT2D eigenvalue weighted by molar-refractivity contribution is 8.00. The summed E-state index contributed by atoms with van der Waals surface area (Å²) in [6.07, 6.45) is 7.97. The van der Waals surface area contributed by atoms with Crippen LogP contribution in [-0.4, -0.2) is 24.6 Å². The fourth-order valence-electron chi connectivity index (χ4n) is 3.45. The van der Waals surface area contributed by atoms with E-state index in [0.29, 0.717) is 0 Å². The normalized spacial score (nSPS) is 18.6. The molecule has 1 aromatic rings. The van der Waals surface area contributed by atoms with Crippen LogP contribution in [0.5, 0.6) is 0 Å². The van der Waals surface area contributed by atoms with Crippen molar-refractivity contribution in [1.82, 2.24) is 0 Å². The molecule has 0 N–H and O–H groups in total. The molecule has 0 atom stereocenters. The molecule has 2 heterocycles. The van der Waals surface area contributed by atoms with Gasteiger partial charge in [0.25, 0.3) is 0 Å². The number of nitriles is 2. The molecule has 4 rings (SSSR count). The van der Waals surface area contributed by atoms with Crippen molar-refractivity contribution in [2.75, 3.05) is 29.5 Å². The Balaban J connectivity index is 1.61. The second-order valence-corrected chi connectivity index (χ2v) is 8.50. The van der Waals surface area contributed by atoms with Gasteiger partial charge < -0.3 is 4.90 Å². The first kappa shape index (κ1) is 16.4. The Kier molecular flexibility index (Phi) is 4.61. The quantitative estimate of drug-likeness (QED) is 0.708. The minimum Gasteiger partial charge on any atom is -0.368 e. The van der Waals surface area contributed by atoms with Gasteiger partial charge in [-0.3, -0.25) is 0 Å². The highest BCUT2D eigenvalue weighted by atomic mass is 32.2. The Morgan fingerprint density at radius 1 is 1.00 bits per heavy atom. The lowest BCUT2D eigenvalue weighted by molar-refractivity contribution is 0.830. The Bertz CT molecular complexity index is 849. The smallest absolute Gasteiger partial charge is 0.132 e. The topological polar surface area (TPSA) is 50.8 Å². The monoisotopic (exact) mass is 363 g/mol. The van der Waals surface area contributed by atoms with Crippen molar-refractivity contribution >= 4 is 35.3 Å². The van der Waals surface area contributed by atoms with E-state index in [2.05, 4.69) is 29.2 Å². The van der Waals surface area contributed by atoms with E-state index in [9.17, 15) is 0 Å². The summed E-state index contributed by atoms with van der Waals surface area (Å²) in [5.41, 5.74) is 4.96. The van der Waals surface area contributed by atoms with Crippen LogP contribution >= 0.6 is 23.5 Å². The van der Waals surface area contributed by atoms with Gasteiger partial charge in [-0.05, 0) is 41.7 Å². The standard InChI is InChI=1S/C20H17N3S2/c21-12-17(13-22)16-4-3-14(9-16)1-2-15-10-18-20-19(11-15)25-8-6-23(20)5-7-24-18/h1-2,9-11H,3-8H2/b2-1+. The molecule has 5 heteroatoms. The lowest BCUT2D eigenvalue weighted by Crippen LogP contribution is -2.34. The summed E-state index contributed by atoms with van der Waals surface area (Å²) in [4.78, 5) is 5.31. The van der Waals surface area contributed by atoms with Crippen LogP contribution in [0.4, 0.5) is 5.69 Å². The molecule has 0 saturated carbocycles. The van der Waals surface area contributed by atoms with Gasteiger partial charge in [-0.2, -0.15) is 10.5 Å². The second kappa shape index (κ2) is 7.04. The van der Waals surface area contributed by atoms with Crippen molar-refractivity contribution in [3.05, 3.63) is 46.6 Å². The SMILES string of the molecule is N#CC(C#N)=C1C=C(/C=C/c2cc3c4c(c2)SCCN4CCS3)CC1. The van der Waals surface area contributed by atoms with Crippen molar-refractivity contribution in [1.29, 1.82) is 10.5 Å². The van der Waals surface area contributed by atoms with E-state index in [1.807, 2.05) is 41.7 Å². The molecule has 0 spiro atoms. The number of benzene rings is 1. The van der Waals surface area contributed by atoms with Crippen LogP contribution < -0.4 is 4.90 Å². The maximum Gasteiger partial charge on any atom is 0.132 e. The minimum atomic E-state index is 0.245. The van der Waals surface area contributed by atoms with E-state index < -0.39 is 0 Å². The molecule has 0 amide bonds. The predicted octanol–water partition coefficient (Wildman–Crippen LogP) is 4.78. The van der Waals surface area contributed by atoms with E-state index >= 15 is 0 Å². The molecule has 0 aromatic heterocycles. The predicted molar refractivity (Wildman–Crippen MR) is 105 cm³/mol. The summed E-state index contributed by atoms with van der Waals surface area (Å²) in [5, 5.41) is 18.0. The van der Waals surface area contributed by atoms with Gasteiger partial charge in [0.2, 0.25) is 0 Å². The van der Waals surface area contributed by atoms with Crippen LogP contribution in [-0.2, 0) is 0 Å². The van der Waals surface area contributed by atoms with Crippen molar-refractivity contribution in [2.24, 2.45) is 0 Å². The summed E-state index contributed by atoms with van der Waals surface area (Å²) in [5.74, 6) is 2.32. The van der Waals surface area contributed by atoms with Gasteiger partial charge in [0.15, 0.2) is 0 Å². The Morgan fingerprint density at radius 2 is 1.68 bits per heavy atom. The summed E-state index contributed by atoms with van der Waals surface area (Å²) in [6.45, 7) is 2.31. The van der Waals surface area contributed by atoms with Crippen molar-refractivity contribution in [3.63, 3.8) is 0 Å². The third kappa shape index (κ3) is 3.23. The summed E-state index contributed by atoms with van der Waals surface area (Å²) >= 11 is 3.91. The van der Waals surface area contributed by atoms with Crippen molar-refractivity contribution in [2.45, 2.75) is 22.6 Å². The Morgan fingerprint density at radius 3 is 2.32 bits per heavy atom. The molecule has 2 aliphatic heterocycles. The van der Waals surface area contributed by atoms with E-state index in [4.69, 9.17) is 10.5 Å². The van der Waals surface area contributed by atoms with Gasteiger partial charge in [0.05, 0.1) is 5.69 Å². The number of hydrogen-bond acceptors (Lipinski definition) is 5. The first-order valence-corrected chi connectivity index (χ1v) is 10.4. The van der Waals surface area contributed by atoms with E-state index in [0.717, 1.165) is 43.0 Å². The molecule has 0 saturated heterocycles. The average Bonchev–Trinajstić information content (AvgIpc) is 3.10. The van der Waals surface area contributed by atoms with Gasteiger partial charge in [0, 0.05) is 34.4 Å². The first-order chi connectivity index (χ1) is 12.3. The third-order valence-corrected chi connectivity index (χ3v) is 6.71. The molecule has 1 aliphatic carbocycles. The Labute approximate surface area is 156 Å². The summed E-state index contributed by atoms with van der Waals surface area (Å²) < 4.78 is 0. The molecular formula is C20H17N3S2. The number of nitrogens with zero attached hydrogens (tertiary/aromatic N) is 3. The highest BCUT2D eigenvalue weighted by Crippen LogP contribution is 2.45. The number of thioether (sulfide) groups is 2. The first-order valence-electron chi connectivity index (χ1n) is 8.39. The fourth-order valence-corrected chi connectivity index (χ4v) is 5.76. The average molecular weight is 364 g/mol. The zero-order valence-corrected chi connectivity index (χ0v) is 15.4. The zero-order valence-electron chi connectivity index (χ0n) is 13.8.